The van der Waals surface area contributed by atoms with Crippen molar-refractivity contribution in [3.63, 3.8) is 0 Å². The molecule has 2 rings (SSSR count). The Labute approximate surface area is 161 Å². The molecule has 146 valence electrons. The molecule has 0 fully saturated rings. The highest BCUT2D eigenvalue weighted by atomic mass is 35.5. The van der Waals surface area contributed by atoms with Crippen LogP contribution in [0.15, 0.2) is 27.6 Å². The third-order valence-electron chi connectivity index (χ3n) is 3.46. The van der Waals surface area contributed by atoms with Gasteiger partial charge in [-0.25, -0.2) is 8.42 Å². The van der Waals surface area contributed by atoms with Crippen LogP contribution in [0.3, 0.4) is 0 Å². The number of carbonyl (C=O) groups is 2. The number of amides is 1. The van der Waals surface area contributed by atoms with Crippen molar-refractivity contribution in [2.45, 2.75) is 25.7 Å². The van der Waals surface area contributed by atoms with Crippen LogP contribution in [-0.2, 0) is 24.3 Å². The van der Waals surface area contributed by atoms with E-state index in [1.807, 2.05) is 6.92 Å². The van der Waals surface area contributed by atoms with Crippen molar-refractivity contribution in [2.75, 3.05) is 18.5 Å². The van der Waals surface area contributed by atoms with Crippen LogP contribution < -0.4 is 10.0 Å². The van der Waals surface area contributed by atoms with Crippen LogP contribution >= 0.6 is 11.6 Å². The van der Waals surface area contributed by atoms with Crippen molar-refractivity contribution in [3.8, 4) is 0 Å². The highest BCUT2D eigenvalue weighted by Crippen LogP contribution is 2.20. The first kappa shape index (κ1) is 20.9. The molecule has 1 aromatic heterocycles. The predicted molar refractivity (Wildman–Crippen MR) is 96.9 cm³/mol. The molecule has 0 radical (unpaired) electrons. The average molecular weight is 416 g/mol. The largest absolute Gasteiger partial charge is 0.455 e. The second-order valence-corrected chi connectivity index (χ2v) is 7.76. The molecule has 0 aliphatic carbocycles. The van der Waals surface area contributed by atoms with Gasteiger partial charge in [-0.1, -0.05) is 22.8 Å². The van der Waals surface area contributed by atoms with Crippen LogP contribution in [0.25, 0.3) is 0 Å². The minimum Gasteiger partial charge on any atom is -0.455 e. The standard InChI is InChI=1S/C16H18ClN3O6S/c1-9-4-5-12(6-13(9)17)19-14(21)8-25-15(22)7-18-27(23,24)16-10(2)20-26-11(16)3/h4-6,18H,7-8H2,1-3H3,(H,19,21). The summed E-state index contributed by atoms with van der Waals surface area (Å²) in [6.07, 6.45) is 0. The maximum Gasteiger partial charge on any atom is 0.321 e. The van der Waals surface area contributed by atoms with Gasteiger partial charge in [0.25, 0.3) is 5.91 Å². The molecule has 0 aliphatic heterocycles. The van der Waals surface area contributed by atoms with Crippen LogP contribution in [0.1, 0.15) is 17.0 Å². The quantitative estimate of drug-likeness (QED) is 0.659. The van der Waals surface area contributed by atoms with Crippen molar-refractivity contribution >= 4 is 39.2 Å². The zero-order valence-corrected chi connectivity index (χ0v) is 16.4. The summed E-state index contributed by atoms with van der Waals surface area (Å²) in [6, 6.07) is 4.94. The average Bonchev–Trinajstić information content (AvgIpc) is 2.94. The van der Waals surface area contributed by atoms with Gasteiger partial charge in [0.2, 0.25) is 10.0 Å². The molecule has 1 amide bonds. The van der Waals surface area contributed by atoms with Gasteiger partial charge in [-0.05, 0) is 38.5 Å². The summed E-state index contributed by atoms with van der Waals surface area (Å²) in [5.74, 6) is -1.40. The highest BCUT2D eigenvalue weighted by molar-refractivity contribution is 7.89. The fourth-order valence-corrected chi connectivity index (χ4v) is 3.62. The minimum atomic E-state index is -3.99. The third kappa shape index (κ3) is 5.52. The molecule has 1 heterocycles. The summed E-state index contributed by atoms with van der Waals surface area (Å²) in [4.78, 5) is 23.4. The van der Waals surface area contributed by atoms with Gasteiger partial charge in [-0.2, -0.15) is 4.72 Å². The summed E-state index contributed by atoms with van der Waals surface area (Å²) in [5, 5.41) is 6.55. The van der Waals surface area contributed by atoms with Gasteiger partial charge in [-0.3, -0.25) is 9.59 Å². The molecule has 0 saturated heterocycles. The lowest BCUT2D eigenvalue weighted by molar-refractivity contribution is -0.146. The monoisotopic (exact) mass is 415 g/mol. The van der Waals surface area contributed by atoms with Crippen LogP contribution in [0, 0.1) is 20.8 Å². The number of hydrogen-bond acceptors (Lipinski definition) is 7. The molecule has 2 aromatic rings. The van der Waals surface area contributed by atoms with E-state index < -0.39 is 35.1 Å². The Balaban J connectivity index is 1.83. The van der Waals surface area contributed by atoms with Crippen LogP contribution in [0.4, 0.5) is 5.69 Å². The van der Waals surface area contributed by atoms with E-state index in [9.17, 15) is 18.0 Å². The van der Waals surface area contributed by atoms with Gasteiger partial charge in [0.05, 0.1) is 0 Å². The van der Waals surface area contributed by atoms with Gasteiger partial charge in [0, 0.05) is 10.7 Å². The van der Waals surface area contributed by atoms with Gasteiger partial charge >= 0.3 is 5.97 Å². The van der Waals surface area contributed by atoms with E-state index in [1.54, 1.807) is 18.2 Å². The van der Waals surface area contributed by atoms with E-state index in [1.165, 1.54) is 13.8 Å². The number of halogens is 1. The zero-order valence-electron chi connectivity index (χ0n) is 14.8. The number of anilines is 1. The number of carbonyl (C=O) groups excluding carboxylic acids is 2. The van der Waals surface area contributed by atoms with E-state index in [0.717, 1.165) is 5.56 Å². The van der Waals surface area contributed by atoms with Gasteiger partial charge in [-0.15, -0.1) is 0 Å². The molecule has 11 heteroatoms. The second kappa shape index (κ2) is 8.51. The number of aromatic nitrogens is 1. The Hall–Kier alpha value is -2.43. The fraction of sp³-hybridized carbons (Fsp3) is 0.312. The van der Waals surface area contributed by atoms with Gasteiger partial charge in [0.1, 0.15) is 17.1 Å². The van der Waals surface area contributed by atoms with E-state index in [-0.39, 0.29) is 16.3 Å². The first-order valence-corrected chi connectivity index (χ1v) is 9.60. The molecule has 2 N–H and O–H groups in total. The maximum absolute atomic E-state index is 12.2. The smallest absolute Gasteiger partial charge is 0.321 e. The number of nitrogens with zero attached hydrogens (tertiary/aromatic N) is 1. The Kier molecular flexibility index (Phi) is 6.58. The van der Waals surface area contributed by atoms with Crippen LogP contribution in [0.5, 0.6) is 0 Å². The molecule has 0 spiro atoms. The normalized spacial score (nSPS) is 11.3. The second-order valence-electron chi connectivity index (χ2n) is 5.65. The number of sulfonamides is 1. The number of nitrogens with one attached hydrogen (secondary N) is 2. The van der Waals surface area contributed by atoms with Crippen LogP contribution in [-0.4, -0.2) is 38.6 Å². The number of rotatable bonds is 7. The highest BCUT2D eigenvalue weighted by Gasteiger charge is 2.25. The number of ether oxygens (including phenoxy) is 1. The van der Waals surface area contributed by atoms with Crippen molar-refractivity contribution in [2.24, 2.45) is 0 Å². The fourth-order valence-electron chi connectivity index (χ4n) is 2.15. The Bertz CT molecular complexity index is 951. The molecule has 0 aliphatic rings. The first-order valence-electron chi connectivity index (χ1n) is 7.74. The molecule has 0 saturated carbocycles. The Morgan fingerprint density at radius 2 is 1.96 bits per heavy atom. The molecule has 1 aromatic carbocycles. The topological polar surface area (TPSA) is 128 Å². The molecule has 0 unspecified atom stereocenters. The minimum absolute atomic E-state index is 0.101. The Morgan fingerprint density at radius 1 is 1.26 bits per heavy atom. The summed E-state index contributed by atoms with van der Waals surface area (Å²) < 4.78 is 36.0. The lowest BCUT2D eigenvalue weighted by Gasteiger charge is -2.09. The van der Waals surface area contributed by atoms with Crippen LogP contribution in [0.2, 0.25) is 5.02 Å². The van der Waals surface area contributed by atoms with E-state index in [4.69, 9.17) is 20.9 Å². The van der Waals surface area contributed by atoms with Crippen molar-refractivity contribution in [1.82, 2.24) is 9.88 Å². The summed E-state index contributed by atoms with van der Waals surface area (Å²) in [5.41, 5.74) is 1.47. The number of benzene rings is 1. The summed E-state index contributed by atoms with van der Waals surface area (Å²) in [6.45, 7) is 3.51. The lowest BCUT2D eigenvalue weighted by atomic mass is 10.2. The molecule has 0 bridgehead atoms. The number of hydrogen-bond donors (Lipinski definition) is 2. The summed E-state index contributed by atoms with van der Waals surface area (Å²) in [7, 11) is -3.99. The van der Waals surface area contributed by atoms with Crippen molar-refractivity contribution < 1.29 is 27.3 Å². The zero-order chi connectivity index (χ0) is 20.2. The van der Waals surface area contributed by atoms with E-state index in [2.05, 4.69) is 15.2 Å². The maximum atomic E-state index is 12.2. The van der Waals surface area contributed by atoms with Crippen molar-refractivity contribution in [1.29, 1.82) is 0 Å². The molecular formula is C16H18ClN3O6S. The third-order valence-corrected chi connectivity index (χ3v) is 5.51. The molecule has 9 nitrogen and oxygen atoms in total. The first-order chi connectivity index (χ1) is 12.6. The van der Waals surface area contributed by atoms with E-state index in [0.29, 0.717) is 10.7 Å². The molecular weight excluding hydrogens is 398 g/mol. The van der Waals surface area contributed by atoms with Gasteiger partial charge in [0.15, 0.2) is 12.4 Å². The molecule has 27 heavy (non-hydrogen) atoms. The predicted octanol–water partition coefficient (Wildman–Crippen LogP) is 1.71. The van der Waals surface area contributed by atoms with Gasteiger partial charge < -0.3 is 14.6 Å². The molecule has 0 atom stereocenters. The Morgan fingerprint density at radius 3 is 2.56 bits per heavy atom. The SMILES string of the molecule is Cc1ccc(NC(=O)COC(=O)CNS(=O)(=O)c2c(C)noc2C)cc1Cl. The summed E-state index contributed by atoms with van der Waals surface area (Å²) >= 11 is 5.96. The number of esters is 1. The number of aryl methyl sites for hydroxylation is 3. The van der Waals surface area contributed by atoms with Crippen molar-refractivity contribution in [3.05, 3.63) is 40.2 Å². The van der Waals surface area contributed by atoms with E-state index >= 15 is 0 Å². The lowest BCUT2D eigenvalue weighted by Crippen LogP contribution is -2.32.